The summed E-state index contributed by atoms with van der Waals surface area (Å²) in [4.78, 5) is 0. The van der Waals surface area contributed by atoms with Crippen LogP contribution in [0.5, 0.6) is 17.2 Å². The Morgan fingerprint density at radius 1 is 0.532 bits per heavy atom. The Bertz CT molecular complexity index is 2700. The van der Waals surface area contributed by atoms with E-state index in [2.05, 4.69) is 198 Å². The van der Waals surface area contributed by atoms with E-state index < -0.39 is 5.60 Å². The third kappa shape index (κ3) is 6.56. The topological polar surface area (TPSA) is 27.7 Å². The van der Waals surface area contributed by atoms with Crippen LogP contribution in [0.4, 0.5) is 0 Å². The van der Waals surface area contributed by atoms with E-state index in [0.717, 1.165) is 77.9 Å². The normalized spacial score (nSPS) is 17.6. The molecule has 0 N–H and O–H groups in total. The average Bonchev–Trinajstić information content (AvgIpc) is 3.59. The predicted octanol–water partition coefficient (Wildman–Crippen LogP) is 14.8. The molecule has 0 fully saturated rings. The second kappa shape index (κ2) is 16.2. The minimum absolute atomic E-state index is 0.255. The number of aryl methyl sites for hydroxylation is 2. The number of hydrogen-bond acceptors (Lipinski definition) is 3. The predicted molar refractivity (Wildman–Crippen MR) is 256 cm³/mol. The molecule has 0 saturated heterocycles. The average molecular weight is 813 g/mol. The summed E-state index contributed by atoms with van der Waals surface area (Å²) in [5, 5.41) is 2.36. The van der Waals surface area contributed by atoms with Gasteiger partial charge in [-0.1, -0.05) is 171 Å². The molecule has 310 valence electrons. The van der Waals surface area contributed by atoms with Gasteiger partial charge in [-0.25, -0.2) is 0 Å². The number of ether oxygens (including phenoxy) is 3. The summed E-state index contributed by atoms with van der Waals surface area (Å²) in [6.45, 7) is 10.2. The SMILES string of the molecule is CCCCOc1ccc(C2(c3ccc(OCCCC)cc3)C=Cc3c4c(c5ccc(C)cc5c3O2)-c2ccc(C)cc2C42C=CC(c3ccccc3)(c3ccccc3)CC2)cc1. The molecule has 10 rings (SSSR count). The molecule has 3 aliphatic rings. The van der Waals surface area contributed by atoms with Crippen molar-refractivity contribution in [1.29, 1.82) is 0 Å². The molecular weight excluding hydrogens is 757 g/mol. The molecule has 0 amide bonds. The van der Waals surface area contributed by atoms with E-state index in [-0.39, 0.29) is 10.8 Å². The largest absolute Gasteiger partial charge is 0.494 e. The molecule has 1 heterocycles. The zero-order valence-corrected chi connectivity index (χ0v) is 36.5. The Morgan fingerprint density at radius 2 is 1.08 bits per heavy atom. The van der Waals surface area contributed by atoms with Crippen molar-refractivity contribution in [2.24, 2.45) is 0 Å². The third-order valence-electron chi connectivity index (χ3n) is 13.8. The number of benzene rings is 7. The molecule has 7 aromatic carbocycles. The van der Waals surface area contributed by atoms with Crippen LogP contribution in [0.15, 0.2) is 164 Å². The summed E-state index contributed by atoms with van der Waals surface area (Å²) in [6.07, 6.45) is 16.0. The Morgan fingerprint density at radius 3 is 1.65 bits per heavy atom. The highest BCUT2D eigenvalue weighted by atomic mass is 16.5. The van der Waals surface area contributed by atoms with Gasteiger partial charge in [0.05, 0.1) is 13.2 Å². The van der Waals surface area contributed by atoms with Crippen molar-refractivity contribution < 1.29 is 14.2 Å². The van der Waals surface area contributed by atoms with Gasteiger partial charge >= 0.3 is 0 Å². The smallest absolute Gasteiger partial charge is 0.178 e. The summed E-state index contributed by atoms with van der Waals surface area (Å²) in [7, 11) is 0. The quantitative estimate of drug-likeness (QED) is 0.0908. The first-order valence-electron chi connectivity index (χ1n) is 22.8. The minimum Gasteiger partial charge on any atom is -0.494 e. The standard InChI is InChI=1S/C59H56O3/c1-5-7-37-60-47-25-21-45(22-26-47)59(46-23-27-48(28-24-46)61-38-8-6-2)32-31-51-55-54(49-29-19-41(3)39-52(49)56(51)62-59)50-30-20-42(4)40-53(50)58(55)35-33-57(34-36-58,43-15-11-9-12-16-43)44-17-13-10-14-18-44/h9-33,35,39-40H,5-8,34,36-38H2,1-4H3. The van der Waals surface area contributed by atoms with Crippen LogP contribution >= 0.6 is 0 Å². The van der Waals surface area contributed by atoms with Gasteiger partial charge in [-0.15, -0.1) is 0 Å². The van der Waals surface area contributed by atoms with E-state index in [1.165, 1.54) is 49.9 Å². The molecule has 1 spiro atoms. The van der Waals surface area contributed by atoms with Crippen LogP contribution in [0.25, 0.3) is 28.0 Å². The zero-order chi connectivity index (χ0) is 42.3. The lowest BCUT2D eigenvalue weighted by Gasteiger charge is -2.44. The Kier molecular flexibility index (Phi) is 10.4. The van der Waals surface area contributed by atoms with Crippen molar-refractivity contribution in [2.75, 3.05) is 13.2 Å². The fourth-order valence-electron chi connectivity index (χ4n) is 10.5. The van der Waals surface area contributed by atoms with Crippen LogP contribution < -0.4 is 14.2 Å². The molecule has 0 saturated carbocycles. The maximum atomic E-state index is 7.81. The summed E-state index contributed by atoms with van der Waals surface area (Å²) >= 11 is 0. The molecule has 0 radical (unpaired) electrons. The van der Waals surface area contributed by atoms with Gasteiger partial charge in [-0.3, -0.25) is 0 Å². The van der Waals surface area contributed by atoms with Crippen molar-refractivity contribution in [2.45, 2.75) is 82.7 Å². The molecule has 3 nitrogen and oxygen atoms in total. The van der Waals surface area contributed by atoms with Gasteiger partial charge in [0.25, 0.3) is 0 Å². The molecule has 2 aliphatic carbocycles. The number of hydrogen-bond donors (Lipinski definition) is 0. The first kappa shape index (κ1) is 39.8. The van der Waals surface area contributed by atoms with Crippen LogP contribution in [0.1, 0.15) is 102 Å². The fraction of sp³-hybridized carbons (Fsp3) is 0.254. The van der Waals surface area contributed by atoms with Crippen molar-refractivity contribution in [3.63, 3.8) is 0 Å². The highest BCUT2D eigenvalue weighted by Crippen LogP contribution is 2.63. The second-order valence-electron chi connectivity index (χ2n) is 17.7. The molecule has 62 heavy (non-hydrogen) atoms. The van der Waals surface area contributed by atoms with Gasteiger partial charge < -0.3 is 14.2 Å². The van der Waals surface area contributed by atoms with Crippen LogP contribution in [-0.2, 0) is 16.4 Å². The number of unbranched alkanes of at least 4 members (excludes halogenated alkanes) is 2. The lowest BCUT2D eigenvalue weighted by molar-refractivity contribution is 0.163. The molecule has 1 aliphatic heterocycles. The van der Waals surface area contributed by atoms with Crippen LogP contribution in [0.3, 0.4) is 0 Å². The first-order chi connectivity index (χ1) is 30.4. The highest BCUT2D eigenvalue weighted by molar-refractivity contribution is 6.09. The lowest BCUT2D eigenvalue weighted by atomic mass is 9.60. The second-order valence-corrected chi connectivity index (χ2v) is 17.7. The maximum absolute atomic E-state index is 7.81. The van der Waals surface area contributed by atoms with E-state index in [9.17, 15) is 0 Å². The Labute approximate surface area is 367 Å². The number of allylic oxidation sites excluding steroid dienone is 2. The van der Waals surface area contributed by atoms with Gasteiger partial charge in [0, 0.05) is 32.9 Å². The molecule has 7 aromatic rings. The third-order valence-corrected chi connectivity index (χ3v) is 13.8. The molecule has 0 aromatic heterocycles. The van der Waals surface area contributed by atoms with E-state index in [1.54, 1.807) is 0 Å². The van der Waals surface area contributed by atoms with E-state index in [0.29, 0.717) is 13.2 Å². The first-order valence-corrected chi connectivity index (χ1v) is 22.8. The number of rotatable bonds is 12. The highest BCUT2D eigenvalue weighted by Gasteiger charge is 2.51. The summed E-state index contributed by atoms with van der Waals surface area (Å²) in [6, 6.07) is 53.3. The van der Waals surface area contributed by atoms with Gasteiger partial charge in [0.1, 0.15) is 17.2 Å². The van der Waals surface area contributed by atoms with Gasteiger partial charge in [0.15, 0.2) is 5.60 Å². The van der Waals surface area contributed by atoms with E-state index in [1.807, 2.05) is 0 Å². The summed E-state index contributed by atoms with van der Waals surface area (Å²) in [5.41, 5.74) is 12.2. The fourth-order valence-corrected chi connectivity index (χ4v) is 10.5. The van der Waals surface area contributed by atoms with Gasteiger partial charge in [-0.05, 0) is 115 Å². The molecule has 0 bridgehead atoms. The van der Waals surface area contributed by atoms with Crippen LogP contribution in [0.2, 0.25) is 0 Å². The summed E-state index contributed by atoms with van der Waals surface area (Å²) in [5.74, 6) is 2.67. The minimum atomic E-state index is -0.908. The van der Waals surface area contributed by atoms with E-state index in [4.69, 9.17) is 14.2 Å². The van der Waals surface area contributed by atoms with Gasteiger partial charge in [-0.2, -0.15) is 0 Å². The van der Waals surface area contributed by atoms with Crippen molar-refractivity contribution in [3.05, 3.63) is 214 Å². The molecule has 3 heteroatoms. The monoisotopic (exact) mass is 812 g/mol. The van der Waals surface area contributed by atoms with E-state index >= 15 is 0 Å². The maximum Gasteiger partial charge on any atom is 0.178 e. The van der Waals surface area contributed by atoms with Crippen LogP contribution in [0, 0.1) is 13.8 Å². The van der Waals surface area contributed by atoms with Crippen molar-refractivity contribution in [1.82, 2.24) is 0 Å². The lowest BCUT2D eigenvalue weighted by Crippen LogP contribution is -2.37. The number of fused-ring (bicyclic) bond motifs is 10. The Hall–Kier alpha value is -6.32. The zero-order valence-electron chi connectivity index (χ0n) is 36.5. The Balaban J connectivity index is 1.19. The molecular formula is C59H56O3. The molecule has 1 unspecified atom stereocenters. The molecule has 1 atom stereocenters. The van der Waals surface area contributed by atoms with Gasteiger partial charge in [0.2, 0.25) is 0 Å². The van der Waals surface area contributed by atoms with Crippen molar-refractivity contribution >= 4 is 16.8 Å². The van der Waals surface area contributed by atoms with Crippen LogP contribution in [-0.4, -0.2) is 13.2 Å². The summed E-state index contributed by atoms with van der Waals surface area (Å²) < 4.78 is 20.1. The van der Waals surface area contributed by atoms with Crippen molar-refractivity contribution in [3.8, 4) is 28.4 Å².